The minimum absolute atomic E-state index is 0.125. The van der Waals surface area contributed by atoms with E-state index in [9.17, 15) is 33.5 Å². The highest BCUT2D eigenvalue weighted by Gasteiger charge is 2.40. The van der Waals surface area contributed by atoms with E-state index in [0.717, 1.165) is 29.4 Å². The molecule has 1 aliphatic rings. The Balaban J connectivity index is 2.00. The van der Waals surface area contributed by atoms with E-state index in [1.807, 2.05) is 6.07 Å². The number of benzene rings is 2. The van der Waals surface area contributed by atoms with Crippen LogP contribution >= 0.6 is 0 Å². The van der Waals surface area contributed by atoms with Crippen molar-refractivity contribution in [3.8, 4) is 0 Å². The first-order chi connectivity index (χ1) is 17.8. The van der Waals surface area contributed by atoms with Crippen LogP contribution in [-0.2, 0) is 21.3 Å². The Hall–Kier alpha value is -3.06. The predicted octanol–water partition coefficient (Wildman–Crippen LogP) is 4.21. The van der Waals surface area contributed by atoms with Gasteiger partial charge in [0.05, 0.1) is 34.6 Å². The quantitative estimate of drug-likeness (QED) is 0.312. The SMILES string of the molecule is CC(C)(C)N(C(=O)O)[C@@H](Cc1ccccc1)[C@H](O)CN(OC1CCCC1)S(=O)(=O)c1cccc([N+](=O)[O-])c1. The third-order valence-electron chi connectivity index (χ3n) is 6.49. The minimum atomic E-state index is -4.45. The van der Waals surface area contributed by atoms with E-state index in [1.165, 1.54) is 18.2 Å². The molecule has 0 aromatic heterocycles. The fourth-order valence-corrected chi connectivity index (χ4v) is 6.03. The summed E-state index contributed by atoms with van der Waals surface area (Å²) in [7, 11) is -4.45. The number of sulfonamides is 1. The van der Waals surface area contributed by atoms with Crippen LogP contribution in [0.15, 0.2) is 59.5 Å². The number of hydrogen-bond donors (Lipinski definition) is 2. The molecule has 2 atom stereocenters. The van der Waals surface area contributed by atoms with Crippen molar-refractivity contribution in [2.75, 3.05) is 6.54 Å². The number of non-ortho nitro benzene ring substituents is 1. The van der Waals surface area contributed by atoms with Crippen molar-refractivity contribution in [2.45, 2.75) is 81.6 Å². The Kier molecular flexibility index (Phi) is 9.47. The van der Waals surface area contributed by atoms with Gasteiger partial charge in [0.2, 0.25) is 0 Å². The molecule has 0 aliphatic heterocycles. The number of aliphatic hydroxyl groups excluding tert-OH is 1. The van der Waals surface area contributed by atoms with Gasteiger partial charge in [-0.25, -0.2) is 13.2 Å². The molecule has 0 spiro atoms. The number of amides is 1. The summed E-state index contributed by atoms with van der Waals surface area (Å²) < 4.78 is 28.0. The fourth-order valence-electron chi connectivity index (χ4n) is 4.69. The van der Waals surface area contributed by atoms with Crippen LogP contribution in [0.4, 0.5) is 10.5 Å². The molecule has 2 aromatic carbocycles. The van der Waals surface area contributed by atoms with E-state index in [4.69, 9.17) is 4.84 Å². The number of hydroxylamine groups is 1. The van der Waals surface area contributed by atoms with Crippen LogP contribution in [0.3, 0.4) is 0 Å². The molecule has 1 fully saturated rings. The molecule has 1 amide bonds. The van der Waals surface area contributed by atoms with Gasteiger partial charge < -0.3 is 10.2 Å². The van der Waals surface area contributed by atoms with Crippen molar-refractivity contribution in [3.63, 3.8) is 0 Å². The van der Waals surface area contributed by atoms with Crippen LogP contribution < -0.4 is 0 Å². The Labute approximate surface area is 222 Å². The lowest BCUT2D eigenvalue weighted by Gasteiger charge is -2.42. The summed E-state index contributed by atoms with van der Waals surface area (Å²) in [5.41, 5.74) is -0.557. The first-order valence-electron chi connectivity index (χ1n) is 12.5. The lowest BCUT2D eigenvalue weighted by molar-refractivity contribution is -0.385. The molecule has 2 N–H and O–H groups in total. The molecule has 3 rings (SSSR count). The molecule has 0 unspecified atom stereocenters. The number of rotatable bonds is 11. The van der Waals surface area contributed by atoms with Gasteiger partial charge in [-0.3, -0.25) is 19.9 Å². The van der Waals surface area contributed by atoms with Gasteiger partial charge in [0, 0.05) is 17.7 Å². The highest BCUT2D eigenvalue weighted by molar-refractivity contribution is 7.89. The van der Waals surface area contributed by atoms with E-state index in [0.29, 0.717) is 17.3 Å². The van der Waals surface area contributed by atoms with E-state index in [-0.39, 0.29) is 11.3 Å². The number of hydrogen-bond acceptors (Lipinski definition) is 7. The van der Waals surface area contributed by atoms with E-state index >= 15 is 0 Å². The molecule has 0 bridgehead atoms. The number of nitro groups is 1. The Morgan fingerprint density at radius 2 is 1.76 bits per heavy atom. The molecule has 1 saturated carbocycles. The highest BCUT2D eigenvalue weighted by atomic mass is 32.2. The average Bonchev–Trinajstić information content (AvgIpc) is 3.36. The van der Waals surface area contributed by atoms with Gasteiger partial charge in [-0.15, -0.1) is 0 Å². The summed E-state index contributed by atoms with van der Waals surface area (Å²) in [6.07, 6.45) is -0.0955. The molecule has 2 aromatic rings. The highest BCUT2D eigenvalue weighted by Crippen LogP contribution is 2.29. The van der Waals surface area contributed by atoms with Crippen LogP contribution in [0.2, 0.25) is 0 Å². The number of aliphatic hydroxyl groups is 1. The molecule has 0 saturated heterocycles. The van der Waals surface area contributed by atoms with E-state index < -0.39 is 57.1 Å². The molecule has 208 valence electrons. The molecular formula is C26H35N3O8S. The van der Waals surface area contributed by atoms with Crippen LogP contribution in [0.1, 0.15) is 52.0 Å². The van der Waals surface area contributed by atoms with Gasteiger partial charge in [0.25, 0.3) is 15.7 Å². The Bertz CT molecular complexity index is 1210. The van der Waals surface area contributed by atoms with Crippen molar-refractivity contribution in [1.82, 2.24) is 9.37 Å². The Morgan fingerprint density at radius 1 is 1.13 bits per heavy atom. The summed E-state index contributed by atoms with van der Waals surface area (Å²) >= 11 is 0. The summed E-state index contributed by atoms with van der Waals surface area (Å²) in [6, 6.07) is 12.6. The number of carboxylic acid groups (broad SMARTS) is 1. The van der Waals surface area contributed by atoms with Gasteiger partial charge in [-0.1, -0.05) is 53.7 Å². The van der Waals surface area contributed by atoms with Gasteiger partial charge in [0.1, 0.15) is 0 Å². The standard InChI is InChI=1S/C26H35N3O8S/c1-26(2,3)28(25(31)32)23(16-19-10-5-4-6-11-19)24(30)18-27(37-21-13-7-8-14-21)38(35,36)22-15-9-12-20(17-22)29(33)34/h4-6,9-12,15,17,21,23-24,30H,7-8,13-14,16,18H2,1-3H3,(H,31,32)/t23-,24+/m0/s1. The van der Waals surface area contributed by atoms with Crippen molar-refractivity contribution in [1.29, 1.82) is 0 Å². The smallest absolute Gasteiger partial charge is 0.408 e. The van der Waals surface area contributed by atoms with Gasteiger partial charge in [-0.05, 0) is 51.7 Å². The predicted molar refractivity (Wildman–Crippen MR) is 140 cm³/mol. The van der Waals surface area contributed by atoms with Crippen LogP contribution in [0, 0.1) is 10.1 Å². The summed E-state index contributed by atoms with van der Waals surface area (Å²) in [5, 5.41) is 32.8. The molecule has 11 nitrogen and oxygen atoms in total. The second-order valence-corrected chi connectivity index (χ2v) is 12.2. The first-order valence-corrected chi connectivity index (χ1v) is 13.9. The van der Waals surface area contributed by atoms with Crippen molar-refractivity contribution >= 4 is 21.8 Å². The van der Waals surface area contributed by atoms with Crippen molar-refractivity contribution in [2.24, 2.45) is 0 Å². The molecule has 0 radical (unpaired) electrons. The Morgan fingerprint density at radius 3 is 2.32 bits per heavy atom. The third-order valence-corrected chi connectivity index (χ3v) is 8.11. The lowest BCUT2D eigenvalue weighted by Crippen LogP contribution is -2.58. The second kappa shape index (κ2) is 12.2. The van der Waals surface area contributed by atoms with Crippen molar-refractivity contribution < 1.29 is 33.2 Å². The maximum atomic E-state index is 13.6. The number of carbonyl (C=O) groups is 1. The second-order valence-electron chi connectivity index (χ2n) is 10.4. The van der Waals surface area contributed by atoms with E-state index in [2.05, 4.69) is 0 Å². The number of nitrogens with zero attached hydrogens (tertiary/aromatic N) is 3. The van der Waals surface area contributed by atoms with Gasteiger partial charge in [-0.2, -0.15) is 0 Å². The average molecular weight is 550 g/mol. The van der Waals surface area contributed by atoms with Crippen molar-refractivity contribution in [3.05, 3.63) is 70.3 Å². The minimum Gasteiger partial charge on any atom is -0.465 e. The fraction of sp³-hybridized carbons (Fsp3) is 0.500. The molecule has 38 heavy (non-hydrogen) atoms. The summed E-state index contributed by atoms with van der Waals surface area (Å²) in [6.45, 7) is 4.51. The maximum Gasteiger partial charge on any atom is 0.408 e. The first kappa shape index (κ1) is 29.5. The van der Waals surface area contributed by atoms with E-state index in [1.54, 1.807) is 45.0 Å². The number of nitro benzene ring substituents is 1. The summed E-state index contributed by atoms with van der Waals surface area (Å²) in [5.74, 6) is 0. The topological polar surface area (TPSA) is 151 Å². The van der Waals surface area contributed by atoms with Crippen LogP contribution in [0.25, 0.3) is 0 Å². The van der Waals surface area contributed by atoms with Crippen LogP contribution in [0.5, 0.6) is 0 Å². The zero-order chi connectivity index (χ0) is 28.1. The zero-order valence-corrected chi connectivity index (χ0v) is 22.6. The normalized spacial score (nSPS) is 16.3. The summed E-state index contributed by atoms with van der Waals surface area (Å²) in [4.78, 5) is 29.6. The monoisotopic (exact) mass is 549 g/mol. The third kappa shape index (κ3) is 7.28. The molecule has 0 heterocycles. The van der Waals surface area contributed by atoms with Crippen LogP contribution in [-0.4, -0.2) is 69.3 Å². The zero-order valence-electron chi connectivity index (χ0n) is 21.8. The molecular weight excluding hydrogens is 514 g/mol. The molecule has 12 heteroatoms. The molecule has 1 aliphatic carbocycles. The largest absolute Gasteiger partial charge is 0.465 e. The lowest BCUT2D eigenvalue weighted by atomic mass is 9.95. The maximum absolute atomic E-state index is 13.6. The van der Waals surface area contributed by atoms with Gasteiger partial charge in [0.15, 0.2) is 0 Å². The van der Waals surface area contributed by atoms with Gasteiger partial charge >= 0.3 is 6.09 Å².